The van der Waals surface area contributed by atoms with Gasteiger partial charge in [-0.25, -0.2) is 14.6 Å². The smallest absolute Gasteiger partial charge is 0.282 e. The molecular weight excluding hydrogens is 454 g/mol. The fraction of sp³-hybridized carbons (Fsp3) is 0.400. The molecule has 1 aromatic carbocycles. The van der Waals surface area contributed by atoms with E-state index in [1.54, 1.807) is 22.6 Å². The fourth-order valence-corrected chi connectivity index (χ4v) is 3.84. The lowest BCUT2D eigenvalue weighted by Gasteiger charge is -2.12. The van der Waals surface area contributed by atoms with Crippen molar-refractivity contribution in [3.63, 3.8) is 0 Å². The van der Waals surface area contributed by atoms with Crippen LogP contribution in [0.3, 0.4) is 0 Å². The van der Waals surface area contributed by atoms with E-state index in [-0.39, 0.29) is 28.9 Å². The number of nitro groups is 1. The number of rotatable bonds is 9. The Bertz CT molecular complexity index is 1150. The normalized spacial score (nSPS) is 11.3. The van der Waals surface area contributed by atoms with Gasteiger partial charge in [-0.15, -0.1) is 0 Å². The van der Waals surface area contributed by atoms with E-state index in [2.05, 4.69) is 39.5 Å². The van der Waals surface area contributed by atoms with Crippen molar-refractivity contribution in [3.8, 4) is 0 Å². The van der Waals surface area contributed by atoms with Gasteiger partial charge in [0.2, 0.25) is 0 Å². The van der Waals surface area contributed by atoms with Crippen molar-refractivity contribution in [2.24, 2.45) is 0 Å². The number of halogens is 1. The highest BCUT2D eigenvalue weighted by molar-refractivity contribution is 7.99. The summed E-state index contributed by atoms with van der Waals surface area (Å²) in [5.41, 5.74) is 0.257. The number of fused-ring (bicyclic) bond motifs is 1. The summed E-state index contributed by atoms with van der Waals surface area (Å²) in [6.07, 6.45) is 1.69. The molecule has 10 nitrogen and oxygen atoms in total. The number of thioether (sulfide) groups is 1. The van der Waals surface area contributed by atoms with Crippen LogP contribution >= 0.6 is 23.4 Å². The zero-order chi connectivity index (χ0) is 23.4. The maximum absolute atomic E-state index is 12.5. The molecule has 2 N–H and O–H groups in total. The molecule has 2 aromatic heterocycles. The van der Waals surface area contributed by atoms with Crippen LogP contribution in [-0.4, -0.2) is 48.4 Å². The predicted octanol–water partition coefficient (Wildman–Crippen LogP) is 4.14. The van der Waals surface area contributed by atoms with Crippen LogP contribution in [0.4, 0.5) is 11.5 Å². The number of hydrogen-bond acceptors (Lipinski definition) is 8. The van der Waals surface area contributed by atoms with Gasteiger partial charge in [-0.2, -0.15) is 5.10 Å². The minimum atomic E-state index is -0.611. The lowest BCUT2D eigenvalue weighted by Crippen LogP contribution is -2.28. The summed E-state index contributed by atoms with van der Waals surface area (Å²) in [5, 5.41) is 23.6. The van der Waals surface area contributed by atoms with E-state index in [4.69, 9.17) is 11.6 Å². The van der Waals surface area contributed by atoms with Gasteiger partial charge in [0.25, 0.3) is 11.6 Å². The van der Waals surface area contributed by atoms with E-state index < -0.39 is 10.8 Å². The molecule has 0 saturated carbocycles. The van der Waals surface area contributed by atoms with Crippen LogP contribution in [0.1, 0.15) is 38.1 Å². The first-order chi connectivity index (χ1) is 15.2. The van der Waals surface area contributed by atoms with E-state index in [9.17, 15) is 14.9 Å². The Morgan fingerprint density at radius 1 is 1.28 bits per heavy atom. The third kappa shape index (κ3) is 5.65. The van der Waals surface area contributed by atoms with Gasteiger partial charge in [0.15, 0.2) is 10.8 Å². The van der Waals surface area contributed by atoms with Crippen molar-refractivity contribution in [1.29, 1.82) is 0 Å². The van der Waals surface area contributed by atoms with E-state index >= 15 is 0 Å². The Morgan fingerprint density at radius 2 is 2.03 bits per heavy atom. The fourth-order valence-electron chi connectivity index (χ4n) is 2.97. The van der Waals surface area contributed by atoms with Crippen molar-refractivity contribution < 1.29 is 9.72 Å². The minimum absolute atomic E-state index is 0.0887. The molecule has 0 atom stereocenters. The highest BCUT2D eigenvalue weighted by Gasteiger charge is 2.20. The average molecular weight is 478 g/mol. The van der Waals surface area contributed by atoms with Crippen molar-refractivity contribution in [1.82, 2.24) is 25.1 Å². The number of benzene rings is 1. The first kappa shape index (κ1) is 23.7. The van der Waals surface area contributed by atoms with E-state index in [0.717, 1.165) is 5.39 Å². The number of aromatic nitrogens is 4. The number of carbonyl (C=O) groups excluding carboxylic acids is 1. The van der Waals surface area contributed by atoms with E-state index in [1.807, 2.05) is 13.8 Å². The summed E-state index contributed by atoms with van der Waals surface area (Å²) in [5.74, 6) is 0.126. The number of hydrogen-bond donors (Lipinski definition) is 2. The van der Waals surface area contributed by atoms with Gasteiger partial charge in [-0.1, -0.05) is 37.2 Å². The molecule has 0 radical (unpaired) electrons. The number of nitrogens with zero attached hydrogens (tertiary/aromatic N) is 5. The minimum Gasteiger partial charge on any atom is -0.367 e. The van der Waals surface area contributed by atoms with Crippen LogP contribution in [0.25, 0.3) is 11.0 Å². The third-order valence-corrected chi connectivity index (χ3v) is 5.35. The van der Waals surface area contributed by atoms with Gasteiger partial charge in [-0.05, 0) is 26.0 Å². The Hall–Kier alpha value is -2.92. The molecule has 12 heteroatoms. The number of nitro benzene ring substituents is 1. The third-order valence-electron chi connectivity index (χ3n) is 4.25. The molecule has 0 spiro atoms. The predicted molar refractivity (Wildman–Crippen MR) is 126 cm³/mol. The standard InChI is InChI=1S/C20H24ClN7O3S/c1-11(2)24-17-15-10-23-27(18(15)26-20(25-17)32-12(3)4)8-7-22-19(29)14-9-13(21)5-6-16(14)28(30)31/h5-6,9-12H,7-8H2,1-4H3,(H,22,29)(H,24,25,26). The van der Waals surface area contributed by atoms with Crippen molar-refractivity contribution >= 4 is 51.8 Å². The van der Waals surface area contributed by atoms with Crippen LogP contribution < -0.4 is 10.6 Å². The molecule has 0 aliphatic rings. The van der Waals surface area contributed by atoms with Gasteiger partial charge in [0, 0.05) is 28.9 Å². The molecule has 1 amide bonds. The van der Waals surface area contributed by atoms with E-state index in [1.165, 1.54) is 18.2 Å². The molecule has 0 saturated heterocycles. The molecule has 3 rings (SSSR count). The Balaban J connectivity index is 1.80. The monoisotopic (exact) mass is 477 g/mol. The second-order valence-corrected chi connectivity index (χ2v) is 9.58. The van der Waals surface area contributed by atoms with Gasteiger partial charge >= 0.3 is 0 Å². The summed E-state index contributed by atoms with van der Waals surface area (Å²) in [4.78, 5) is 32.4. The maximum Gasteiger partial charge on any atom is 0.282 e. The van der Waals surface area contributed by atoms with Crippen molar-refractivity contribution in [2.45, 2.75) is 50.7 Å². The Morgan fingerprint density at radius 3 is 2.69 bits per heavy atom. The SMILES string of the molecule is CC(C)Nc1nc(SC(C)C)nc2c1cnn2CCNC(=O)c1cc(Cl)ccc1[N+](=O)[O-]. The van der Waals surface area contributed by atoms with E-state index in [0.29, 0.717) is 28.4 Å². The van der Waals surface area contributed by atoms with Crippen molar-refractivity contribution in [3.05, 3.63) is 45.1 Å². The lowest BCUT2D eigenvalue weighted by molar-refractivity contribution is -0.385. The van der Waals surface area contributed by atoms with Gasteiger partial charge in [0.05, 0.1) is 23.1 Å². The molecule has 2 heterocycles. The molecular formula is C20H24ClN7O3S. The summed E-state index contributed by atoms with van der Waals surface area (Å²) < 4.78 is 1.68. The zero-order valence-corrected chi connectivity index (χ0v) is 19.7. The Labute approximate surface area is 194 Å². The number of nitrogens with one attached hydrogen (secondary N) is 2. The average Bonchev–Trinajstić information content (AvgIpc) is 3.10. The first-order valence-corrected chi connectivity index (χ1v) is 11.3. The van der Waals surface area contributed by atoms with Crippen molar-refractivity contribution in [2.75, 3.05) is 11.9 Å². The zero-order valence-electron chi connectivity index (χ0n) is 18.1. The molecule has 0 unspecified atom stereocenters. The van der Waals surface area contributed by atoms with Gasteiger partial charge < -0.3 is 10.6 Å². The van der Waals surface area contributed by atoms with Gasteiger partial charge in [-0.3, -0.25) is 14.9 Å². The topological polar surface area (TPSA) is 128 Å². The summed E-state index contributed by atoms with van der Waals surface area (Å²) in [6, 6.07) is 4.06. The molecule has 0 aliphatic heterocycles. The van der Waals surface area contributed by atoms with Crippen LogP contribution in [0.2, 0.25) is 5.02 Å². The number of anilines is 1. The summed E-state index contributed by atoms with van der Waals surface area (Å²) in [7, 11) is 0. The quantitative estimate of drug-likeness (QED) is 0.203. The molecule has 0 aliphatic carbocycles. The molecule has 3 aromatic rings. The summed E-state index contributed by atoms with van der Waals surface area (Å²) in [6.45, 7) is 8.71. The van der Waals surface area contributed by atoms with Crippen LogP contribution in [0.15, 0.2) is 29.6 Å². The molecule has 0 bridgehead atoms. The maximum atomic E-state index is 12.5. The highest BCUT2D eigenvalue weighted by atomic mass is 35.5. The first-order valence-electron chi connectivity index (χ1n) is 10.0. The van der Waals surface area contributed by atoms with Crippen LogP contribution in [0.5, 0.6) is 0 Å². The molecule has 32 heavy (non-hydrogen) atoms. The molecule has 0 fully saturated rings. The largest absolute Gasteiger partial charge is 0.367 e. The number of carbonyl (C=O) groups is 1. The molecule has 170 valence electrons. The lowest BCUT2D eigenvalue weighted by atomic mass is 10.1. The Kier molecular flexibility index (Phi) is 7.52. The van der Waals surface area contributed by atoms with Crippen LogP contribution in [-0.2, 0) is 6.54 Å². The second-order valence-electron chi connectivity index (χ2n) is 7.60. The van der Waals surface area contributed by atoms with Gasteiger partial charge in [0.1, 0.15) is 11.4 Å². The highest BCUT2D eigenvalue weighted by Crippen LogP contribution is 2.27. The number of amides is 1. The summed E-state index contributed by atoms with van der Waals surface area (Å²) >= 11 is 7.46. The second kappa shape index (κ2) is 10.1. The van der Waals surface area contributed by atoms with Crippen LogP contribution in [0, 0.1) is 10.1 Å².